The van der Waals surface area contributed by atoms with Gasteiger partial charge in [-0.25, -0.2) is 8.60 Å². The van der Waals surface area contributed by atoms with Gasteiger partial charge in [-0.1, -0.05) is 25.1 Å². The highest BCUT2D eigenvalue weighted by Gasteiger charge is 2.26. The number of ether oxygens (including phenoxy) is 1. The first-order valence-corrected chi connectivity index (χ1v) is 13.6. The predicted molar refractivity (Wildman–Crippen MR) is 141 cm³/mol. The SMILES string of the molecule is CCc1c(C(=O)N2CCOc3ccc(-c4ccc(C(=O)NC5CNC5)cc4)cc3C2)ccc(S(=O)O)c1F. The monoisotopic (exact) mass is 537 g/mol. The molecule has 0 bridgehead atoms. The molecular weight excluding hydrogens is 509 g/mol. The summed E-state index contributed by atoms with van der Waals surface area (Å²) >= 11 is -2.48. The van der Waals surface area contributed by atoms with Crippen molar-refractivity contribution in [3.05, 3.63) is 82.7 Å². The molecule has 2 amide bonds. The van der Waals surface area contributed by atoms with E-state index in [2.05, 4.69) is 10.6 Å². The smallest absolute Gasteiger partial charge is 0.254 e. The zero-order valence-corrected chi connectivity index (χ0v) is 21.6. The molecule has 0 aliphatic carbocycles. The second-order valence-electron chi connectivity index (χ2n) is 9.31. The molecule has 198 valence electrons. The van der Waals surface area contributed by atoms with Crippen LogP contribution in [-0.4, -0.2) is 57.8 Å². The highest BCUT2D eigenvalue weighted by Crippen LogP contribution is 2.31. The third kappa shape index (κ3) is 5.20. The summed E-state index contributed by atoms with van der Waals surface area (Å²) < 4.78 is 41.6. The first kappa shape index (κ1) is 26.0. The van der Waals surface area contributed by atoms with Gasteiger partial charge in [-0.3, -0.25) is 9.59 Å². The van der Waals surface area contributed by atoms with Crippen molar-refractivity contribution in [2.75, 3.05) is 26.2 Å². The fourth-order valence-electron chi connectivity index (χ4n) is 4.67. The Morgan fingerprint density at radius 2 is 1.87 bits per heavy atom. The van der Waals surface area contributed by atoms with Gasteiger partial charge in [0, 0.05) is 41.9 Å². The number of nitrogens with zero attached hydrogens (tertiary/aromatic N) is 1. The van der Waals surface area contributed by atoms with E-state index in [1.807, 2.05) is 30.3 Å². The van der Waals surface area contributed by atoms with Crippen molar-refractivity contribution in [1.82, 2.24) is 15.5 Å². The van der Waals surface area contributed by atoms with Gasteiger partial charge in [-0.2, -0.15) is 0 Å². The molecule has 0 saturated carbocycles. The number of hydrogen-bond donors (Lipinski definition) is 3. The Balaban J connectivity index is 1.37. The molecule has 3 aromatic carbocycles. The van der Waals surface area contributed by atoms with Crippen molar-refractivity contribution in [3.63, 3.8) is 0 Å². The summed E-state index contributed by atoms with van der Waals surface area (Å²) in [5.74, 6) is -0.625. The third-order valence-electron chi connectivity index (χ3n) is 6.90. The number of carbonyl (C=O) groups excluding carboxylic acids is 2. The second kappa shape index (κ2) is 11.0. The van der Waals surface area contributed by atoms with E-state index in [-0.39, 0.29) is 53.5 Å². The van der Waals surface area contributed by atoms with Crippen molar-refractivity contribution in [2.24, 2.45) is 0 Å². The predicted octanol–water partition coefficient (Wildman–Crippen LogP) is 3.37. The van der Waals surface area contributed by atoms with Crippen LogP contribution in [0.5, 0.6) is 5.75 Å². The molecule has 1 unspecified atom stereocenters. The van der Waals surface area contributed by atoms with Crippen LogP contribution in [-0.2, 0) is 24.0 Å². The van der Waals surface area contributed by atoms with Gasteiger partial charge >= 0.3 is 0 Å². The first-order valence-electron chi connectivity index (χ1n) is 12.4. The van der Waals surface area contributed by atoms with Gasteiger partial charge < -0.3 is 24.8 Å². The van der Waals surface area contributed by atoms with Crippen LogP contribution in [0.15, 0.2) is 59.5 Å². The summed E-state index contributed by atoms with van der Waals surface area (Å²) in [5.41, 5.74) is 3.51. The first-order chi connectivity index (χ1) is 18.4. The molecule has 2 aliphatic heterocycles. The van der Waals surface area contributed by atoms with E-state index in [4.69, 9.17) is 4.74 Å². The van der Waals surface area contributed by atoms with Crippen LogP contribution in [0.2, 0.25) is 0 Å². The second-order valence-corrected chi connectivity index (χ2v) is 10.2. The molecule has 3 N–H and O–H groups in total. The molecule has 3 aromatic rings. The Hall–Kier alpha value is -3.60. The Bertz CT molecular complexity index is 1410. The molecule has 8 nitrogen and oxygen atoms in total. The molecule has 0 spiro atoms. The minimum absolute atomic E-state index is 0.103. The maximum Gasteiger partial charge on any atom is 0.254 e. The Labute approximate surface area is 222 Å². The number of hydrogen-bond acceptors (Lipinski definition) is 5. The zero-order chi connectivity index (χ0) is 26.8. The van der Waals surface area contributed by atoms with E-state index in [0.29, 0.717) is 17.9 Å². The molecule has 2 heterocycles. The normalized spacial score (nSPS) is 16.0. The van der Waals surface area contributed by atoms with Gasteiger partial charge in [-0.15, -0.1) is 0 Å². The fourth-order valence-corrected chi connectivity index (χ4v) is 5.13. The molecule has 1 atom stereocenters. The van der Waals surface area contributed by atoms with Crippen LogP contribution in [0.4, 0.5) is 4.39 Å². The van der Waals surface area contributed by atoms with E-state index in [1.54, 1.807) is 24.0 Å². The largest absolute Gasteiger partial charge is 0.491 e. The molecule has 5 rings (SSSR count). The van der Waals surface area contributed by atoms with Gasteiger partial charge in [-0.05, 0) is 53.9 Å². The van der Waals surface area contributed by atoms with Crippen molar-refractivity contribution < 1.29 is 27.5 Å². The van der Waals surface area contributed by atoms with E-state index in [1.165, 1.54) is 12.1 Å². The van der Waals surface area contributed by atoms with E-state index < -0.39 is 16.9 Å². The van der Waals surface area contributed by atoms with Crippen LogP contribution in [0.1, 0.15) is 38.8 Å². The third-order valence-corrected chi connectivity index (χ3v) is 7.60. The number of rotatable bonds is 6. The standard InChI is InChI=1S/C28H28FN3O5S/c1-2-22-23(8-10-25(26(22)29)38(35)36)28(34)32-11-12-37-24-9-7-19(13-20(24)16-32)17-3-5-18(6-4-17)27(33)31-21-14-30-15-21/h3-10,13,21,30H,2,11-12,14-16H2,1H3,(H,31,33)(H,35,36). The fraction of sp³-hybridized carbons (Fsp3) is 0.286. The van der Waals surface area contributed by atoms with E-state index in [9.17, 15) is 22.7 Å². The lowest BCUT2D eigenvalue weighted by molar-refractivity contribution is 0.0731. The summed E-state index contributed by atoms with van der Waals surface area (Å²) in [5, 5.41) is 6.11. The Morgan fingerprint density at radius 1 is 1.13 bits per heavy atom. The molecule has 38 heavy (non-hydrogen) atoms. The molecule has 10 heteroatoms. The topological polar surface area (TPSA) is 108 Å². The average Bonchev–Trinajstić information content (AvgIpc) is 3.12. The van der Waals surface area contributed by atoms with Crippen molar-refractivity contribution >= 4 is 22.9 Å². The van der Waals surface area contributed by atoms with E-state index >= 15 is 0 Å². The lowest BCUT2D eigenvalue weighted by Crippen LogP contribution is -2.56. The van der Waals surface area contributed by atoms with Crippen molar-refractivity contribution in [2.45, 2.75) is 30.8 Å². The maximum atomic E-state index is 14.9. The zero-order valence-electron chi connectivity index (χ0n) is 20.8. The summed E-state index contributed by atoms with van der Waals surface area (Å²) in [7, 11) is 0. The quantitative estimate of drug-likeness (QED) is 0.416. The molecule has 1 saturated heterocycles. The van der Waals surface area contributed by atoms with Gasteiger partial charge in [0.15, 0.2) is 11.1 Å². The van der Waals surface area contributed by atoms with Gasteiger partial charge in [0.05, 0.1) is 12.6 Å². The minimum atomic E-state index is -2.48. The summed E-state index contributed by atoms with van der Waals surface area (Å²) in [6.07, 6.45) is 0.203. The lowest BCUT2D eigenvalue weighted by atomic mass is 10.00. The van der Waals surface area contributed by atoms with Gasteiger partial charge in [0.2, 0.25) is 0 Å². The summed E-state index contributed by atoms with van der Waals surface area (Å²) in [6.45, 7) is 4.11. The van der Waals surface area contributed by atoms with Crippen LogP contribution < -0.4 is 15.4 Å². The number of amides is 2. The summed E-state index contributed by atoms with van der Waals surface area (Å²) in [4.78, 5) is 27.1. The summed E-state index contributed by atoms with van der Waals surface area (Å²) in [6, 6.07) is 15.9. The molecular formula is C28H28FN3O5S. The Morgan fingerprint density at radius 3 is 2.53 bits per heavy atom. The lowest BCUT2D eigenvalue weighted by Gasteiger charge is -2.27. The molecule has 1 fully saturated rings. The number of nitrogens with one attached hydrogen (secondary N) is 2. The molecule has 2 aliphatic rings. The van der Waals surface area contributed by atoms with E-state index in [0.717, 1.165) is 29.8 Å². The highest BCUT2D eigenvalue weighted by molar-refractivity contribution is 7.79. The van der Waals surface area contributed by atoms with Gasteiger partial charge in [0.1, 0.15) is 23.1 Å². The number of benzene rings is 3. The number of fused-ring (bicyclic) bond motifs is 1. The van der Waals surface area contributed by atoms with Crippen LogP contribution in [0.3, 0.4) is 0 Å². The molecule has 0 radical (unpaired) electrons. The number of carbonyl (C=O) groups is 2. The van der Waals surface area contributed by atoms with Crippen molar-refractivity contribution in [3.8, 4) is 16.9 Å². The van der Waals surface area contributed by atoms with Crippen LogP contribution in [0.25, 0.3) is 11.1 Å². The average molecular weight is 538 g/mol. The maximum absolute atomic E-state index is 14.9. The molecule has 0 aromatic heterocycles. The van der Waals surface area contributed by atoms with Crippen LogP contribution >= 0.6 is 0 Å². The Kier molecular flexibility index (Phi) is 7.55. The van der Waals surface area contributed by atoms with Crippen LogP contribution in [0, 0.1) is 5.82 Å². The number of halogens is 1. The highest BCUT2D eigenvalue weighted by atomic mass is 32.2. The van der Waals surface area contributed by atoms with Gasteiger partial charge in [0.25, 0.3) is 11.8 Å². The minimum Gasteiger partial charge on any atom is -0.491 e. The van der Waals surface area contributed by atoms with Crippen molar-refractivity contribution in [1.29, 1.82) is 0 Å².